The SMILES string of the molecule is N[C@@H]([C@@H]1CN(S(=O)(=O)c2ccc(F)cc2)c2cc(NC(=O)O)ccc2O1)C(F)(F)F. The monoisotopic (exact) mass is 449 g/mol. The highest BCUT2D eigenvalue weighted by Crippen LogP contribution is 2.40. The van der Waals surface area contributed by atoms with Gasteiger partial charge in [-0.25, -0.2) is 17.6 Å². The molecule has 1 heterocycles. The first kappa shape index (κ1) is 21.6. The summed E-state index contributed by atoms with van der Waals surface area (Å²) in [5.74, 6) is -0.950. The number of hydrogen-bond donors (Lipinski definition) is 3. The molecule has 0 unspecified atom stereocenters. The minimum Gasteiger partial charge on any atom is -0.484 e. The molecule has 0 saturated carbocycles. The van der Waals surface area contributed by atoms with Crippen LogP contribution in [0.15, 0.2) is 47.4 Å². The number of anilines is 2. The van der Waals surface area contributed by atoms with Crippen LogP contribution >= 0.6 is 0 Å². The van der Waals surface area contributed by atoms with E-state index < -0.39 is 46.8 Å². The van der Waals surface area contributed by atoms with Crippen LogP contribution in [0.4, 0.5) is 33.7 Å². The predicted octanol–water partition coefficient (Wildman–Crippen LogP) is 2.76. The Labute approximate surface area is 167 Å². The number of carboxylic acid groups (broad SMARTS) is 1. The zero-order valence-corrected chi connectivity index (χ0v) is 15.7. The third-order valence-corrected chi connectivity index (χ3v) is 6.08. The maximum atomic E-state index is 13.2. The molecule has 162 valence electrons. The Morgan fingerprint density at radius 3 is 2.43 bits per heavy atom. The quantitative estimate of drug-likeness (QED) is 0.617. The van der Waals surface area contributed by atoms with Crippen LogP contribution < -0.4 is 20.1 Å². The number of carbonyl (C=O) groups is 1. The van der Waals surface area contributed by atoms with Crippen LogP contribution in [0.1, 0.15) is 0 Å². The van der Waals surface area contributed by atoms with Crippen LogP contribution in [0.5, 0.6) is 5.75 Å². The van der Waals surface area contributed by atoms with Crippen molar-refractivity contribution in [3.63, 3.8) is 0 Å². The molecule has 2 atom stereocenters. The summed E-state index contributed by atoms with van der Waals surface area (Å²) in [6.45, 7) is -0.802. The molecule has 0 spiro atoms. The normalized spacial score (nSPS) is 17.6. The second-order valence-corrected chi connectivity index (χ2v) is 8.19. The molecule has 1 aliphatic rings. The van der Waals surface area contributed by atoms with Crippen molar-refractivity contribution in [2.45, 2.75) is 23.2 Å². The van der Waals surface area contributed by atoms with E-state index in [1.807, 2.05) is 5.32 Å². The molecule has 13 heteroatoms. The van der Waals surface area contributed by atoms with E-state index in [0.717, 1.165) is 36.4 Å². The van der Waals surface area contributed by atoms with Gasteiger partial charge < -0.3 is 15.6 Å². The summed E-state index contributed by atoms with van der Waals surface area (Å²) >= 11 is 0. The van der Waals surface area contributed by atoms with Crippen molar-refractivity contribution in [3.05, 3.63) is 48.3 Å². The number of nitrogens with one attached hydrogen (secondary N) is 1. The summed E-state index contributed by atoms with van der Waals surface area (Å²) in [4.78, 5) is 10.5. The molecule has 8 nitrogen and oxygen atoms in total. The van der Waals surface area contributed by atoms with Gasteiger partial charge in [-0.1, -0.05) is 0 Å². The van der Waals surface area contributed by atoms with Crippen molar-refractivity contribution in [1.29, 1.82) is 0 Å². The summed E-state index contributed by atoms with van der Waals surface area (Å²) in [6, 6.07) is 4.61. The van der Waals surface area contributed by atoms with E-state index in [1.165, 1.54) is 6.07 Å². The van der Waals surface area contributed by atoms with E-state index >= 15 is 0 Å². The van der Waals surface area contributed by atoms with Gasteiger partial charge in [-0.2, -0.15) is 13.2 Å². The van der Waals surface area contributed by atoms with Gasteiger partial charge in [0.1, 0.15) is 23.7 Å². The van der Waals surface area contributed by atoms with Crippen molar-refractivity contribution >= 4 is 27.5 Å². The molecule has 30 heavy (non-hydrogen) atoms. The van der Waals surface area contributed by atoms with Crippen LogP contribution in [0.25, 0.3) is 0 Å². The highest BCUT2D eigenvalue weighted by molar-refractivity contribution is 7.92. The second-order valence-electron chi connectivity index (χ2n) is 6.33. The Balaban J connectivity index is 2.11. The van der Waals surface area contributed by atoms with Gasteiger partial charge in [0.2, 0.25) is 0 Å². The number of hydrogen-bond acceptors (Lipinski definition) is 5. The Morgan fingerprint density at radius 2 is 1.87 bits per heavy atom. The molecule has 0 saturated heterocycles. The van der Waals surface area contributed by atoms with Gasteiger partial charge in [0.25, 0.3) is 10.0 Å². The van der Waals surface area contributed by atoms with Crippen molar-refractivity contribution in [2.24, 2.45) is 5.73 Å². The smallest absolute Gasteiger partial charge is 0.409 e. The lowest BCUT2D eigenvalue weighted by Crippen LogP contribution is -2.56. The average molecular weight is 449 g/mol. The number of rotatable bonds is 4. The van der Waals surface area contributed by atoms with Gasteiger partial charge in [-0.15, -0.1) is 0 Å². The number of amides is 1. The highest BCUT2D eigenvalue weighted by atomic mass is 32.2. The molecule has 3 rings (SSSR count). The maximum Gasteiger partial charge on any atom is 0.409 e. The highest BCUT2D eigenvalue weighted by Gasteiger charge is 2.47. The molecule has 0 aromatic heterocycles. The number of benzene rings is 2. The number of nitrogens with zero attached hydrogens (tertiary/aromatic N) is 1. The van der Waals surface area contributed by atoms with Gasteiger partial charge in [-0.3, -0.25) is 9.62 Å². The van der Waals surface area contributed by atoms with Crippen LogP contribution in [-0.2, 0) is 10.0 Å². The zero-order valence-electron chi connectivity index (χ0n) is 14.9. The first-order valence-electron chi connectivity index (χ1n) is 8.31. The van der Waals surface area contributed by atoms with Gasteiger partial charge in [0.15, 0.2) is 0 Å². The molecule has 0 radical (unpaired) electrons. The summed E-state index contributed by atoms with van der Waals surface area (Å²) in [5, 5.41) is 10.9. The van der Waals surface area contributed by atoms with Crippen molar-refractivity contribution in [2.75, 3.05) is 16.2 Å². The standard InChI is InChI=1S/C17H15F4N3O5S/c18-9-1-4-11(5-2-9)30(27,28)24-8-14(15(22)17(19,20)21)29-13-6-3-10(7-12(13)24)23-16(25)26/h1-7,14-15,23H,8,22H2,(H,25,26)/t14-,15-/m0/s1. The number of nitrogens with two attached hydrogens (primary N) is 1. The number of ether oxygens (including phenoxy) is 1. The minimum atomic E-state index is -4.86. The summed E-state index contributed by atoms with van der Waals surface area (Å²) in [6.07, 6.45) is -8.07. The molecule has 4 N–H and O–H groups in total. The molecular formula is C17H15F4N3O5S. The molecule has 0 aliphatic carbocycles. The minimum absolute atomic E-state index is 0.0391. The summed E-state index contributed by atoms with van der Waals surface area (Å²) < 4.78 is 84.7. The third kappa shape index (κ3) is 4.26. The number of fused-ring (bicyclic) bond motifs is 1. The molecule has 2 aromatic rings. The van der Waals surface area contributed by atoms with Crippen LogP contribution in [0.2, 0.25) is 0 Å². The van der Waals surface area contributed by atoms with E-state index in [9.17, 15) is 30.8 Å². The topological polar surface area (TPSA) is 122 Å². The van der Waals surface area contributed by atoms with E-state index in [-0.39, 0.29) is 22.0 Å². The fraction of sp³-hybridized carbons (Fsp3) is 0.235. The second kappa shape index (κ2) is 7.65. The maximum absolute atomic E-state index is 13.2. The number of halogens is 4. The molecule has 2 aromatic carbocycles. The van der Waals surface area contributed by atoms with Gasteiger partial charge in [0, 0.05) is 5.69 Å². The predicted molar refractivity (Wildman–Crippen MR) is 97.5 cm³/mol. The van der Waals surface area contributed by atoms with Gasteiger partial charge >= 0.3 is 12.3 Å². The molecule has 1 amide bonds. The zero-order chi connectivity index (χ0) is 22.3. The molecule has 0 fully saturated rings. The number of alkyl halides is 3. The van der Waals surface area contributed by atoms with Crippen molar-refractivity contribution < 1.29 is 40.6 Å². The van der Waals surface area contributed by atoms with Gasteiger partial charge in [-0.05, 0) is 42.5 Å². The average Bonchev–Trinajstić information content (AvgIpc) is 2.65. The lowest BCUT2D eigenvalue weighted by Gasteiger charge is -2.38. The van der Waals surface area contributed by atoms with Crippen LogP contribution in [-0.4, -0.2) is 44.5 Å². The lowest BCUT2D eigenvalue weighted by molar-refractivity contribution is -0.164. The third-order valence-electron chi connectivity index (χ3n) is 4.28. The number of sulfonamides is 1. The first-order chi connectivity index (χ1) is 13.9. The van der Waals surface area contributed by atoms with Crippen molar-refractivity contribution in [3.8, 4) is 5.75 Å². The van der Waals surface area contributed by atoms with Gasteiger partial charge in [0.05, 0.1) is 17.1 Å². The first-order valence-corrected chi connectivity index (χ1v) is 9.75. The van der Waals surface area contributed by atoms with E-state index in [4.69, 9.17) is 15.6 Å². The largest absolute Gasteiger partial charge is 0.484 e. The lowest BCUT2D eigenvalue weighted by atomic mass is 10.1. The Bertz CT molecular complexity index is 1060. The Hall–Kier alpha value is -3.06. The fourth-order valence-corrected chi connectivity index (χ4v) is 4.31. The van der Waals surface area contributed by atoms with Crippen LogP contribution in [0.3, 0.4) is 0 Å². The fourth-order valence-electron chi connectivity index (χ4n) is 2.83. The Morgan fingerprint density at radius 1 is 1.23 bits per heavy atom. The van der Waals surface area contributed by atoms with Crippen LogP contribution in [0, 0.1) is 5.82 Å². The molecular weight excluding hydrogens is 434 g/mol. The van der Waals surface area contributed by atoms with E-state index in [2.05, 4.69) is 0 Å². The summed E-state index contributed by atoms with van der Waals surface area (Å²) in [7, 11) is -4.46. The molecule has 0 bridgehead atoms. The van der Waals surface area contributed by atoms with E-state index in [0.29, 0.717) is 4.31 Å². The molecule has 1 aliphatic heterocycles. The van der Waals surface area contributed by atoms with Crippen molar-refractivity contribution in [1.82, 2.24) is 0 Å². The summed E-state index contributed by atoms with van der Waals surface area (Å²) in [5.41, 5.74) is 4.99. The van der Waals surface area contributed by atoms with E-state index in [1.54, 1.807) is 0 Å². The Kier molecular flexibility index (Phi) is 5.52.